The summed E-state index contributed by atoms with van der Waals surface area (Å²) in [5, 5.41) is 5.20. The first-order valence-electron chi connectivity index (χ1n) is 21.1. The summed E-state index contributed by atoms with van der Waals surface area (Å²) in [6.45, 7) is 4.88. The molecule has 0 atom stereocenters. The topological polar surface area (TPSA) is 8.17 Å². The van der Waals surface area contributed by atoms with E-state index in [0.717, 1.165) is 0 Å². The fourth-order valence-corrected chi connectivity index (χ4v) is 13.0. The fraction of sp³-hybridized carbons (Fsp3) is 0.0714. The molecule has 3 aliphatic heterocycles. The summed E-state index contributed by atoms with van der Waals surface area (Å²) in [5.41, 5.74) is 25.0. The zero-order chi connectivity index (χ0) is 38.5. The minimum atomic E-state index is -0.487. The smallest absolute Gasteiger partial charge is 0.333 e. The maximum atomic E-state index is 2.75. The van der Waals surface area contributed by atoms with Crippen molar-refractivity contribution < 1.29 is 0 Å². The zero-order valence-corrected chi connectivity index (χ0v) is 32.7. The Kier molecular flexibility index (Phi) is 5.31. The van der Waals surface area contributed by atoms with Crippen LogP contribution in [0.25, 0.3) is 66.0 Å². The van der Waals surface area contributed by atoms with E-state index < -0.39 is 5.41 Å². The van der Waals surface area contributed by atoms with Gasteiger partial charge in [0.2, 0.25) is 0 Å². The molecule has 59 heavy (non-hydrogen) atoms. The highest BCUT2D eigenvalue weighted by Crippen LogP contribution is 2.65. The largest absolute Gasteiger partial charge is 0.375 e. The van der Waals surface area contributed by atoms with Gasteiger partial charge >= 0.3 is 6.85 Å². The molecule has 0 radical (unpaired) electrons. The third-order valence-corrected chi connectivity index (χ3v) is 15.1. The van der Waals surface area contributed by atoms with Crippen molar-refractivity contribution in [2.24, 2.45) is 0 Å². The minimum Gasteiger partial charge on any atom is -0.375 e. The maximum absolute atomic E-state index is 2.75. The van der Waals surface area contributed by atoms with Gasteiger partial charge in [0.1, 0.15) is 0 Å². The highest BCUT2D eigenvalue weighted by atomic mass is 15.2. The van der Waals surface area contributed by atoms with Crippen molar-refractivity contribution in [3.63, 3.8) is 0 Å². The molecule has 0 saturated carbocycles. The molecule has 15 rings (SSSR count). The number of aromatic nitrogens is 1. The van der Waals surface area contributed by atoms with Crippen molar-refractivity contribution in [3.05, 3.63) is 209 Å². The maximum Gasteiger partial charge on any atom is 0.333 e. The van der Waals surface area contributed by atoms with Crippen LogP contribution in [0.1, 0.15) is 47.2 Å². The predicted molar refractivity (Wildman–Crippen MR) is 246 cm³/mol. The molecular weight excluding hydrogens is 711 g/mol. The Morgan fingerprint density at radius 2 is 1.03 bits per heavy atom. The number of para-hydroxylation sites is 3. The molecule has 2 nitrogen and oxygen atoms in total. The van der Waals surface area contributed by atoms with Gasteiger partial charge in [-0.05, 0) is 107 Å². The summed E-state index contributed by atoms with van der Waals surface area (Å²) >= 11 is 0. The number of hydrogen-bond acceptors (Lipinski definition) is 1. The van der Waals surface area contributed by atoms with Crippen LogP contribution in [-0.4, -0.2) is 11.3 Å². The average molecular weight is 747 g/mol. The summed E-state index contributed by atoms with van der Waals surface area (Å²) in [7, 11) is 0. The van der Waals surface area contributed by atoms with Crippen molar-refractivity contribution in [2.75, 3.05) is 4.90 Å². The van der Waals surface area contributed by atoms with Gasteiger partial charge < -0.3 is 9.38 Å². The highest BCUT2D eigenvalue weighted by Gasteiger charge is 2.56. The Hall–Kier alpha value is -7.10. The molecule has 0 N–H and O–H groups in total. The molecule has 4 heterocycles. The number of benzene rings is 9. The molecule has 3 heteroatoms. The Labute approximate surface area is 342 Å². The van der Waals surface area contributed by atoms with Crippen LogP contribution in [-0.2, 0) is 10.8 Å². The van der Waals surface area contributed by atoms with Crippen LogP contribution < -0.4 is 15.8 Å². The lowest BCUT2D eigenvalue weighted by Gasteiger charge is -2.51. The molecule has 272 valence electrons. The van der Waals surface area contributed by atoms with Crippen LogP contribution in [0.15, 0.2) is 176 Å². The number of hydrogen-bond donors (Lipinski definition) is 0. The zero-order valence-electron chi connectivity index (χ0n) is 32.7. The second kappa shape index (κ2) is 10.1. The van der Waals surface area contributed by atoms with E-state index >= 15 is 0 Å². The molecular formula is C56H35BN2. The third-order valence-electron chi connectivity index (χ3n) is 15.1. The van der Waals surface area contributed by atoms with Gasteiger partial charge in [0.25, 0.3) is 0 Å². The normalized spacial score (nSPS) is 15.8. The van der Waals surface area contributed by atoms with Crippen molar-refractivity contribution in [2.45, 2.75) is 24.7 Å². The molecule has 0 amide bonds. The SMILES string of the molecule is CC1(C)c2ccccc2-c2cc3c4c(c21)N1c2ccccc2C2(c5ccccc5-c5ccccc52)c2cccc(c21)B4n1c2cc4ccccc4cc2c2cccc-3c21. The van der Waals surface area contributed by atoms with Gasteiger partial charge in [-0.25, -0.2) is 0 Å². The van der Waals surface area contributed by atoms with E-state index in [9.17, 15) is 0 Å². The van der Waals surface area contributed by atoms with Crippen LogP contribution in [0.2, 0.25) is 0 Å². The van der Waals surface area contributed by atoms with Gasteiger partial charge in [-0.15, -0.1) is 0 Å². The lowest BCUT2D eigenvalue weighted by molar-refractivity contribution is 0.660. The van der Waals surface area contributed by atoms with E-state index in [4.69, 9.17) is 0 Å². The number of fused-ring (bicyclic) bond motifs is 21. The van der Waals surface area contributed by atoms with Gasteiger partial charge in [0.15, 0.2) is 0 Å². The van der Waals surface area contributed by atoms with Crippen LogP contribution in [0.3, 0.4) is 0 Å². The molecule has 0 fully saturated rings. The summed E-state index contributed by atoms with van der Waals surface area (Å²) in [5.74, 6) is 0. The van der Waals surface area contributed by atoms with E-state index in [1.54, 1.807) is 0 Å². The van der Waals surface area contributed by atoms with E-state index in [1.807, 2.05) is 0 Å². The molecule has 5 aliphatic rings. The molecule has 0 saturated heterocycles. The summed E-state index contributed by atoms with van der Waals surface area (Å²) in [6.07, 6.45) is 0. The summed E-state index contributed by atoms with van der Waals surface area (Å²) in [4.78, 5) is 2.74. The Morgan fingerprint density at radius 3 is 1.80 bits per heavy atom. The second-order valence-corrected chi connectivity index (χ2v) is 17.9. The molecule has 10 aromatic rings. The van der Waals surface area contributed by atoms with Crippen molar-refractivity contribution in [3.8, 4) is 33.4 Å². The van der Waals surface area contributed by atoms with E-state index in [0.29, 0.717) is 0 Å². The van der Waals surface area contributed by atoms with Crippen LogP contribution in [0, 0.1) is 0 Å². The van der Waals surface area contributed by atoms with Crippen molar-refractivity contribution in [1.82, 2.24) is 4.48 Å². The van der Waals surface area contributed by atoms with E-state index in [2.05, 4.69) is 199 Å². The Morgan fingerprint density at radius 1 is 0.441 bits per heavy atom. The lowest BCUT2D eigenvalue weighted by Crippen LogP contribution is -2.59. The molecule has 0 bridgehead atoms. The second-order valence-electron chi connectivity index (χ2n) is 17.9. The molecule has 1 aromatic heterocycles. The standard InChI is InChI=1S/C56H35BN2/c1-55(2)42-22-8-5-19-36(42)40-31-41-38-21-13-20-37-39-29-32-15-3-4-16-33(32)30-49(39)59(52(37)38)57-47-27-14-26-46-53(47)58(54(50(40)55)51(41)57)48-28-12-11-25-45(48)56(46)43-23-9-6-17-34(43)35-18-7-10-24-44(35)56/h3-31H,1-2H3. The minimum absolute atomic E-state index is 0.0405. The Bertz CT molecular complexity index is 3580. The fourth-order valence-electron chi connectivity index (χ4n) is 13.0. The van der Waals surface area contributed by atoms with Crippen LogP contribution in [0.4, 0.5) is 17.1 Å². The highest BCUT2D eigenvalue weighted by molar-refractivity contribution is 6.90. The van der Waals surface area contributed by atoms with Gasteiger partial charge in [0, 0.05) is 44.2 Å². The van der Waals surface area contributed by atoms with Crippen LogP contribution in [0.5, 0.6) is 0 Å². The third kappa shape index (κ3) is 3.31. The summed E-state index contributed by atoms with van der Waals surface area (Å²) in [6, 6.07) is 67.6. The molecule has 9 aromatic carbocycles. The van der Waals surface area contributed by atoms with E-state index in [-0.39, 0.29) is 12.3 Å². The molecule has 0 unspecified atom stereocenters. The quantitative estimate of drug-likeness (QED) is 0.140. The van der Waals surface area contributed by atoms with Crippen molar-refractivity contribution in [1.29, 1.82) is 0 Å². The van der Waals surface area contributed by atoms with Gasteiger partial charge in [-0.2, -0.15) is 0 Å². The molecule has 2 aliphatic carbocycles. The first kappa shape index (κ1) is 31.0. The average Bonchev–Trinajstić information content (AvgIpc) is 3.85. The Balaban J connectivity index is 1.18. The van der Waals surface area contributed by atoms with Crippen LogP contribution >= 0.6 is 0 Å². The van der Waals surface area contributed by atoms with Gasteiger partial charge in [0.05, 0.1) is 11.1 Å². The predicted octanol–water partition coefficient (Wildman–Crippen LogP) is 12.3. The lowest BCUT2D eigenvalue weighted by atomic mass is 9.43. The first-order valence-corrected chi connectivity index (χ1v) is 21.1. The van der Waals surface area contributed by atoms with E-state index in [1.165, 1.54) is 127 Å². The number of rotatable bonds is 0. The molecule has 1 spiro atoms. The summed E-state index contributed by atoms with van der Waals surface area (Å²) < 4.78 is 2.75. The number of nitrogens with zero attached hydrogens (tertiary/aromatic N) is 2. The monoisotopic (exact) mass is 746 g/mol. The number of anilines is 3. The first-order chi connectivity index (χ1) is 29.1. The van der Waals surface area contributed by atoms with Crippen molar-refractivity contribution >= 4 is 67.4 Å². The van der Waals surface area contributed by atoms with Gasteiger partial charge in [-0.1, -0.05) is 166 Å². The van der Waals surface area contributed by atoms with Gasteiger partial charge in [-0.3, -0.25) is 0 Å².